The Labute approximate surface area is 156 Å². The summed E-state index contributed by atoms with van der Waals surface area (Å²) in [4.78, 5) is 0. The molecule has 0 bridgehead atoms. The van der Waals surface area contributed by atoms with E-state index in [2.05, 4.69) is 31.5 Å². The van der Waals surface area contributed by atoms with Crippen molar-refractivity contribution in [2.24, 2.45) is 0 Å². The molecule has 1 aliphatic rings. The van der Waals surface area contributed by atoms with Crippen LogP contribution in [0, 0.1) is 11.8 Å². The van der Waals surface area contributed by atoms with Gasteiger partial charge in [0, 0.05) is 5.56 Å². The second-order valence-electron chi connectivity index (χ2n) is 7.55. The molecule has 0 spiro atoms. The normalized spacial score (nSPS) is 23.0. The fourth-order valence-electron chi connectivity index (χ4n) is 3.06. The van der Waals surface area contributed by atoms with Crippen LogP contribution in [0.3, 0.4) is 0 Å². The van der Waals surface area contributed by atoms with Gasteiger partial charge in [-0.25, -0.2) is 0 Å². The summed E-state index contributed by atoms with van der Waals surface area (Å²) in [7, 11) is -1.81. The van der Waals surface area contributed by atoms with Crippen LogP contribution in [-0.4, -0.2) is 30.5 Å². The van der Waals surface area contributed by atoms with Gasteiger partial charge >= 0.3 is 0 Å². The highest BCUT2D eigenvalue weighted by Gasteiger charge is 2.42. The van der Waals surface area contributed by atoms with Gasteiger partial charge < -0.3 is 10.2 Å². The molecule has 1 aliphatic carbocycles. The minimum atomic E-state index is -1.81. The standard InChI is InChI=1S/C23H24O2Si/c1-26(2,3)20(15-14-17-10-6-4-7-11-17)21-19(22(24)23(21)25)16-18-12-8-5-9-13-18/h4-13,16,22-25H,1-3H3/b19-16-,21-20-/t22-,23+/m1/s1. The number of aliphatic hydroxyl groups excluding tert-OH is 2. The first kappa shape index (κ1) is 18.4. The van der Waals surface area contributed by atoms with Crippen molar-refractivity contribution in [2.75, 3.05) is 0 Å². The Balaban J connectivity index is 2.09. The van der Waals surface area contributed by atoms with Crippen LogP contribution in [0.4, 0.5) is 0 Å². The van der Waals surface area contributed by atoms with Gasteiger partial charge in [-0.2, -0.15) is 0 Å². The van der Waals surface area contributed by atoms with E-state index in [1.165, 1.54) is 0 Å². The van der Waals surface area contributed by atoms with E-state index >= 15 is 0 Å². The Kier molecular flexibility index (Phi) is 5.29. The molecular weight excluding hydrogens is 336 g/mol. The molecule has 2 atom stereocenters. The summed E-state index contributed by atoms with van der Waals surface area (Å²) in [6, 6.07) is 19.7. The van der Waals surface area contributed by atoms with Crippen molar-refractivity contribution < 1.29 is 10.2 Å². The number of hydrogen-bond donors (Lipinski definition) is 2. The lowest BCUT2D eigenvalue weighted by atomic mass is 9.78. The number of allylic oxidation sites excluding steroid dienone is 1. The molecule has 3 rings (SSSR count). The average molecular weight is 361 g/mol. The number of aliphatic hydroxyl groups is 2. The maximum absolute atomic E-state index is 10.5. The average Bonchev–Trinajstić information content (AvgIpc) is 2.64. The van der Waals surface area contributed by atoms with Gasteiger partial charge in [-0.1, -0.05) is 80.0 Å². The van der Waals surface area contributed by atoms with E-state index in [1.807, 2.05) is 66.7 Å². The Morgan fingerprint density at radius 2 is 1.46 bits per heavy atom. The molecule has 2 aromatic rings. The van der Waals surface area contributed by atoms with Crippen molar-refractivity contribution in [2.45, 2.75) is 31.8 Å². The quantitative estimate of drug-likeness (QED) is 0.627. The molecule has 0 aliphatic heterocycles. The predicted molar refractivity (Wildman–Crippen MR) is 110 cm³/mol. The number of rotatable bonds is 2. The Hall–Kier alpha value is -2.38. The number of hydrogen-bond acceptors (Lipinski definition) is 2. The molecule has 2 aromatic carbocycles. The lowest BCUT2D eigenvalue weighted by molar-refractivity contribution is 0.0354. The van der Waals surface area contributed by atoms with Gasteiger partial charge in [-0.05, 0) is 40.1 Å². The van der Waals surface area contributed by atoms with Gasteiger partial charge in [-0.3, -0.25) is 0 Å². The summed E-state index contributed by atoms with van der Waals surface area (Å²) >= 11 is 0. The van der Waals surface area contributed by atoms with Gasteiger partial charge in [0.25, 0.3) is 0 Å². The Morgan fingerprint density at radius 3 is 2.04 bits per heavy atom. The van der Waals surface area contributed by atoms with E-state index < -0.39 is 20.3 Å². The summed E-state index contributed by atoms with van der Waals surface area (Å²) in [5, 5.41) is 21.8. The molecule has 132 valence electrons. The third kappa shape index (κ3) is 3.89. The van der Waals surface area contributed by atoms with Crippen LogP contribution in [0.2, 0.25) is 19.6 Å². The fraction of sp³-hybridized carbons (Fsp3) is 0.217. The molecule has 3 heteroatoms. The largest absolute Gasteiger partial charge is 0.385 e. The summed E-state index contributed by atoms with van der Waals surface area (Å²) in [6.07, 6.45) is 0.240. The molecule has 0 saturated heterocycles. The van der Waals surface area contributed by atoms with Crippen molar-refractivity contribution >= 4 is 14.1 Å². The zero-order chi connectivity index (χ0) is 18.7. The van der Waals surface area contributed by atoms with E-state index in [9.17, 15) is 10.2 Å². The maximum atomic E-state index is 10.5. The maximum Gasteiger partial charge on any atom is 0.110 e. The summed E-state index contributed by atoms with van der Waals surface area (Å²) in [5.41, 5.74) is 3.55. The predicted octanol–water partition coefficient (Wildman–Crippen LogP) is 4.03. The monoisotopic (exact) mass is 360 g/mol. The van der Waals surface area contributed by atoms with Gasteiger partial charge in [0.05, 0.1) is 8.07 Å². The molecule has 2 nitrogen and oxygen atoms in total. The first-order valence-electron chi connectivity index (χ1n) is 8.83. The highest BCUT2D eigenvalue weighted by molar-refractivity contribution is 6.84. The Bertz CT molecular complexity index is 894. The van der Waals surface area contributed by atoms with Crippen LogP contribution in [0.5, 0.6) is 0 Å². The summed E-state index contributed by atoms with van der Waals surface area (Å²) < 4.78 is 0. The molecule has 1 fully saturated rings. The summed E-state index contributed by atoms with van der Waals surface area (Å²) in [5.74, 6) is 6.55. The molecule has 0 amide bonds. The van der Waals surface area contributed by atoms with Crippen LogP contribution in [0.15, 0.2) is 77.0 Å². The van der Waals surface area contributed by atoms with Crippen molar-refractivity contribution in [1.29, 1.82) is 0 Å². The number of benzene rings is 2. The van der Waals surface area contributed by atoms with Crippen LogP contribution in [-0.2, 0) is 0 Å². The first-order valence-corrected chi connectivity index (χ1v) is 12.3. The first-order chi connectivity index (χ1) is 12.4. The molecule has 1 saturated carbocycles. The molecule has 0 heterocycles. The van der Waals surface area contributed by atoms with E-state index in [4.69, 9.17) is 0 Å². The molecule has 0 aromatic heterocycles. The Morgan fingerprint density at radius 1 is 0.885 bits per heavy atom. The van der Waals surface area contributed by atoms with Crippen molar-refractivity contribution in [3.63, 3.8) is 0 Å². The third-order valence-electron chi connectivity index (χ3n) is 4.47. The van der Waals surface area contributed by atoms with Crippen LogP contribution in [0.1, 0.15) is 11.1 Å². The van der Waals surface area contributed by atoms with Gasteiger partial charge in [0.2, 0.25) is 0 Å². The van der Waals surface area contributed by atoms with Crippen LogP contribution in [0.25, 0.3) is 6.08 Å². The molecular formula is C23H24O2Si. The van der Waals surface area contributed by atoms with Crippen molar-refractivity contribution in [3.8, 4) is 11.8 Å². The van der Waals surface area contributed by atoms with Crippen molar-refractivity contribution in [3.05, 3.63) is 88.1 Å². The van der Waals surface area contributed by atoms with E-state index in [0.717, 1.165) is 27.5 Å². The molecule has 2 N–H and O–H groups in total. The van der Waals surface area contributed by atoms with Crippen molar-refractivity contribution in [1.82, 2.24) is 0 Å². The fourth-order valence-corrected chi connectivity index (χ4v) is 4.60. The highest BCUT2D eigenvalue weighted by Crippen LogP contribution is 2.40. The lowest BCUT2D eigenvalue weighted by Crippen LogP contribution is -2.45. The van der Waals surface area contributed by atoms with E-state index in [0.29, 0.717) is 0 Å². The topological polar surface area (TPSA) is 40.5 Å². The summed E-state index contributed by atoms with van der Waals surface area (Å²) in [6.45, 7) is 6.64. The van der Waals surface area contributed by atoms with Crippen LogP contribution < -0.4 is 0 Å². The smallest absolute Gasteiger partial charge is 0.110 e. The zero-order valence-corrected chi connectivity index (χ0v) is 16.4. The third-order valence-corrected chi connectivity index (χ3v) is 6.37. The molecule has 26 heavy (non-hydrogen) atoms. The molecule has 0 radical (unpaired) electrons. The second kappa shape index (κ2) is 7.47. The van der Waals surface area contributed by atoms with E-state index in [-0.39, 0.29) is 0 Å². The minimum Gasteiger partial charge on any atom is -0.385 e. The molecule has 0 unspecified atom stereocenters. The zero-order valence-electron chi connectivity index (χ0n) is 15.4. The SMILES string of the molecule is C[Si](C)(C)/C(C#Cc1ccccc1)=C1/C(=C/c2ccccc2)[C@@H](O)[C@H]1O. The minimum absolute atomic E-state index is 0.781. The highest BCUT2D eigenvalue weighted by atomic mass is 28.3. The van der Waals surface area contributed by atoms with Crippen LogP contribution >= 0.6 is 0 Å². The van der Waals surface area contributed by atoms with Gasteiger partial charge in [-0.15, -0.1) is 0 Å². The van der Waals surface area contributed by atoms with E-state index in [1.54, 1.807) is 0 Å². The second-order valence-corrected chi connectivity index (χ2v) is 12.6. The van der Waals surface area contributed by atoms with Gasteiger partial charge in [0.15, 0.2) is 0 Å². The van der Waals surface area contributed by atoms with Gasteiger partial charge in [0.1, 0.15) is 12.2 Å². The lowest BCUT2D eigenvalue weighted by Gasteiger charge is -2.39.